The lowest BCUT2D eigenvalue weighted by Crippen LogP contribution is -2.50. The Morgan fingerprint density at radius 1 is 1.25 bits per heavy atom. The van der Waals surface area contributed by atoms with Gasteiger partial charge in [0.2, 0.25) is 11.1 Å². The third-order valence-corrected chi connectivity index (χ3v) is 6.80. The highest BCUT2D eigenvalue weighted by molar-refractivity contribution is 7.99. The molecule has 28 heavy (non-hydrogen) atoms. The summed E-state index contributed by atoms with van der Waals surface area (Å²) in [5.41, 5.74) is 1.88. The number of amides is 1. The van der Waals surface area contributed by atoms with Crippen molar-refractivity contribution in [2.75, 3.05) is 19.4 Å². The number of likely N-dealkylation sites (tertiary alicyclic amines) is 1. The summed E-state index contributed by atoms with van der Waals surface area (Å²) in [5.74, 6) is 1.95. The number of hydrogen-bond acceptors (Lipinski definition) is 6. The third-order valence-electron chi connectivity index (χ3n) is 5.89. The van der Waals surface area contributed by atoms with E-state index >= 15 is 0 Å². The van der Waals surface area contributed by atoms with Crippen LogP contribution in [0.5, 0.6) is 5.75 Å². The topological polar surface area (TPSA) is 73.1 Å². The van der Waals surface area contributed by atoms with Gasteiger partial charge in [-0.05, 0) is 66.6 Å². The minimum absolute atomic E-state index is 0.201. The zero-order valence-electron chi connectivity index (χ0n) is 16.5. The molecule has 1 amide bonds. The van der Waals surface area contributed by atoms with Gasteiger partial charge in [-0.1, -0.05) is 30.7 Å². The molecule has 7 nitrogen and oxygen atoms in total. The summed E-state index contributed by atoms with van der Waals surface area (Å²) in [6, 6.07) is 6.31. The van der Waals surface area contributed by atoms with Gasteiger partial charge in [-0.25, -0.2) is 0 Å². The maximum atomic E-state index is 13.0. The van der Waals surface area contributed by atoms with Crippen LogP contribution in [0.25, 0.3) is 5.69 Å². The average molecular weight is 402 g/mol. The number of hydrogen-bond donors (Lipinski definition) is 0. The molecule has 1 aromatic heterocycles. The highest BCUT2D eigenvalue weighted by atomic mass is 32.2. The molecule has 4 rings (SSSR count). The van der Waals surface area contributed by atoms with E-state index in [9.17, 15) is 4.79 Å². The molecule has 2 heterocycles. The van der Waals surface area contributed by atoms with Crippen LogP contribution in [0.1, 0.15) is 44.1 Å². The van der Waals surface area contributed by atoms with E-state index in [2.05, 4.69) is 20.4 Å². The van der Waals surface area contributed by atoms with E-state index in [0.717, 1.165) is 30.6 Å². The number of rotatable bonds is 5. The van der Waals surface area contributed by atoms with Crippen LogP contribution in [-0.4, -0.2) is 56.5 Å². The Kier molecular flexibility index (Phi) is 5.85. The number of thioether (sulfide) groups is 1. The van der Waals surface area contributed by atoms with Crippen LogP contribution in [0.3, 0.4) is 0 Å². The summed E-state index contributed by atoms with van der Waals surface area (Å²) in [6.45, 7) is 2.90. The predicted octanol–water partition coefficient (Wildman–Crippen LogP) is 3.25. The molecule has 1 aliphatic heterocycles. The van der Waals surface area contributed by atoms with Crippen molar-refractivity contribution in [2.24, 2.45) is 5.92 Å². The number of carbonyl (C=O) groups is 1. The number of ether oxygens (including phenoxy) is 1. The third kappa shape index (κ3) is 3.87. The van der Waals surface area contributed by atoms with Gasteiger partial charge in [0.15, 0.2) is 0 Å². The lowest BCUT2D eigenvalue weighted by molar-refractivity contribution is -0.134. The summed E-state index contributed by atoms with van der Waals surface area (Å²) >= 11 is 1.39. The van der Waals surface area contributed by atoms with E-state index in [1.54, 1.807) is 11.8 Å². The van der Waals surface area contributed by atoms with Crippen LogP contribution in [0.4, 0.5) is 0 Å². The van der Waals surface area contributed by atoms with Crippen molar-refractivity contribution in [1.82, 2.24) is 25.1 Å². The summed E-state index contributed by atoms with van der Waals surface area (Å²) < 4.78 is 7.11. The molecule has 1 saturated carbocycles. The monoisotopic (exact) mass is 401 g/mol. The van der Waals surface area contributed by atoms with Gasteiger partial charge >= 0.3 is 0 Å². The zero-order valence-corrected chi connectivity index (χ0v) is 17.3. The number of aryl methyl sites for hydroxylation is 1. The second-order valence-electron chi connectivity index (χ2n) is 7.68. The molecule has 0 N–H and O–H groups in total. The van der Waals surface area contributed by atoms with E-state index in [-0.39, 0.29) is 5.91 Å². The van der Waals surface area contributed by atoms with Crippen LogP contribution in [0.15, 0.2) is 23.4 Å². The van der Waals surface area contributed by atoms with E-state index in [1.165, 1.54) is 37.4 Å². The lowest BCUT2D eigenvalue weighted by Gasteiger charge is -2.44. The first-order chi connectivity index (χ1) is 13.7. The highest BCUT2D eigenvalue weighted by Gasteiger charge is 2.35. The number of piperidine rings is 1. The SMILES string of the molecule is COc1ccc(C)cc1-n1nnnc1SCC(=O)N1CCC[C@H]2CCCC[C@H]21. The summed E-state index contributed by atoms with van der Waals surface area (Å²) in [6.07, 6.45) is 7.36. The molecule has 1 saturated heterocycles. The van der Waals surface area contributed by atoms with Gasteiger partial charge in [-0.15, -0.1) is 5.10 Å². The van der Waals surface area contributed by atoms with E-state index in [0.29, 0.717) is 28.6 Å². The van der Waals surface area contributed by atoms with Crippen molar-refractivity contribution < 1.29 is 9.53 Å². The van der Waals surface area contributed by atoms with Crippen molar-refractivity contribution in [3.05, 3.63) is 23.8 Å². The number of tetrazole rings is 1. The van der Waals surface area contributed by atoms with E-state index in [4.69, 9.17) is 4.74 Å². The fourth-order valence-corrected chi connectivity index (χ4v) is 5.30. The first kappa shape index (κ1) is 19.2. The van der Waals surface area contributed by atoms with E-state index < -0.39 is 0 Å². The van der Waals surface area contributed by atoms with Gasteiger partial charge in [0, 0.05) is 12.6 Å². The standard InChI is InChI=1S/C20H27N5O2S/c1-14-9-10-18(27-2)17(12-14)25-20(21-22-23-25)28-13-19(26)24-11-5-7-15-6-3-4-8-16(15)24/h9-10,12,15-16H,3-8,11,13H2,1-2H3/t15-,16-/m1/s1. The van der Waals surface area contributed by atoms with Crippen molar-refractivity contribution in [3.63, 3.8) is 0 Å². The average Bonchev–Trinajstić information content (AvgIpc) is 3.20. The van der Waals surface area contributed by atoms with Gasteiger partial charge in [-0.3, -0.25) is 4.79 Å². The molecule has 2 aromatic rings. The predicted molar refractivity (Wildman–Crippen MR) is 108 cm³/mol. The van der Waals surface area contributed by atoms with Gasteiger partial charge in [0.25, 0.3) is 0 Å². The number of methoxy groups -OCH3 is 1. The van der Waals surface area contributed by atoms with E-state index in [1.807, 2.05) is 25.1 Å². The Balaban J connectivity index is 1.47. The second-order valence-corrected chi connectivity index (χ2v) is 8.62. The number of carbonyl (C=O) groups excluding carboxylic acids is 1. The molecule has 2 atom stereocenters. The fourth-order valence-electron chi connectivity index (χ4n) is 4.53. The molecular weight excluding hydrogens is 374 g/mol. The van der Waals surface area contributed by atoms with Gasteiger partial charge < -0.3 is 9.64 Å². The minimum Gasteiger partial charge on any atom is -0.494 e. The number of nitrogens with zero attached hydrogens (tertiary/aromatic N) is 5. The largest absolute Gasteiger partial charge is 0.494 e. The van der Waals surface area contributed by atoms with Crippen LogP contribution < -0.4 is 4.74 Å². The van der Waals surface area contributed by atoms with Crippen LogP contribution in [-0.2, 0) is 4.79 Å². The summed E-state index contributed by atoms with van der Waals surface area (Å²) in [7, 11) is 1.63. The first-order valence-corrected chi connectivity index (χ1v) is 11.0. The molecule has 0 radical (unpaired) electrons. The van der Waals surface area contributed by atoms with Crippen molar-refractivity contribution in [2.45, 2.75) is 56.6 Å². The summed E-state index contributed by atoms with van der Waals surface area (Å²) in [5, 5.41) is 12.7. The Bertz CT molecular complexity index is 838. The highest BCUT2D eigenvalue weighted by Crippen LogP contribution is 2.36. The smallest absolute Gasteiger partial charge is 0.233 e. The fraction of sp³-hybridized carbons (Fsp3) is 0.600. The molecule has 8 heteroatoms. The number of fused-ring (bicyclic) bond motifs is 1. The van der Waals surface area contributed by atoms with Crippen LogP contribution in [0.2, 0.25) is 0 Å². The Hall–Kier alpha value is -2.09. The Morgan fingerprint density at radius 3 is 2.93 bits per heavy atom. The Morgan fingerprint density at radius 2 is 2.07 bits per heavy atom. The van der Waals surface area contributed by atoms with Crippen LogP contribution in [0, 0.1) is 12.8 Å². The molecule has 1 aromatic carbocycles. The maximum absolute atomic E-state index is 13.0. The van der Waals surface area contributed by atoms with Crippen molar-refractivity contribution in [1.29, 1.82) is 0 Å². The molecule has 0 spiro atoms. The van der Waals surface area contributed by atoms with Gasteiger partial charge in [-0.2, -0.15) is 4.68 Å². The molecule has 2 aliphatic rings. The first-order valence-electron chi connectivity index (χ1n) is 10.0. The lowest BCUT2D eigenvalue weighted by atomic mass is 9.78. The summed E-state index contributed by atoms with van der Waals surface area (Å²) in [4.78, 5) is 15.1. The minimum atomic E-state index is 0.201. The molecule has 150 valence electrons. The molecule has 0 bridgehead atoms. The Labute approximate surface area is 169 Å². The zero-order chi connectivity index (χ0) is 19.5. The maximum Gasteiger partial charge on any atom is 0.233 e. The molecule has 2 fully saturated rings. The van der Waals surface area contributed by atoms with Crippen molar-refractivity contribution in [3.8, 4) is 11.4 Å². The number of aromatic nitrogens is 4. The van der Waals surface area contributed by atoms with Gasteiger partial charge in [0.1, 0.15) is 11.4 Å². The molecule has 0 unspecified atom stereocenters. The number of benzene rings is 1. The quantitative estimate of drug-likeness (QED) is 0.716. The molecule has 1 aliphatic carbocycles. The van der Waals surface area contributed by atoms with Gasteiger partial charge in [0.05, 0.1) is 12.9 Å². The second kappa shape index (κ2) is 8.51. The molecular formula is C20H27N5O2S. The normalized spacial score (nSPS) is 22.0. The van der Waals surface area contributed by atoms with Crippen LogP contribution >= 0.6 is 11.8 Å². The van der Waals surface area contributed by atoms with Crippen molar-refractivity contribution >= 4 is 17.7 Å².